The molecule has 0 radical (unpaired) electrons. The highest BCUT2D eigenvalue weighted by molar-refractivity contribution is 6.30. The monoisotopic (exact) mass is 289 g/mol. The lowest BCUT2D eigenvalue weighted by Crippen LogP contribution is -2.26. The molecule has 0 aromatic heterocycles. The number of rotatable bonds is 4. The van der Waals surface area contributed by atoms with Gasteiger partial charge in [-0.3, -0.25) is 4.79 Å². The number of hydrogen-bond donors (Lipinski definition) is 1. The summed E-state index contributed by atoms with van der Waals surface area (Å²) in [5, 5.41) is 3.63. The topological polar surface area (TPSA) is 38.3 Å². The molecule has 2 rings (SSSR count). The molecule has 0 saturated heterocycles. The predicted octanol–water partition coefficient (Wildman–Crippen LogP) is 3.84. The maximum absolute atomic E-state index is 12.2. The number of amides is 1. The zero-order valence-electron chi connectivity index (χ0n) is 11.4. The molecule has 0 saturated carbocycles. The fourth-order valence-corrected chi connectivity index (χ4v) is 2.01. The van der Waals surface area contributed by atoms with Gasteiger partial charge in [-0.2, -0.15) is 0 Å². The van der Waals surface area contributed by atoms with E-state index in [4.69, 9.17) is 16.3 Å². The lowest BCUT2D eigenvalue weighted by Gasteiger charge is -2.14. The van der Waals surface area contributed by atoms with Crippen LogP contribution < -0.4 is 10.1 Å². The van der Waals surface area contributed by atoms with Crippen LogP contribution in [-0.4, -0.2) is 13.0 Å². The van der Waals surface area contributed by atoms with Crippen LogP contribution in [0.2, 0.25) is 5.02 Å². The summed E-state index contributed by atoms with van der Waals surface area (Å²) < 4.78 is 5.11. The Labute approximate surface area is 123 Å². The molecule has 3 nitrogen and oxygen atoms in total. The average molecular weight is 290 g/mol. The summed E-state index contributed by atoms with van der Waals surface area (Å²) in [7, 11) is 1.58. The number of carbonyl (C=O) groups excluding carboxylic acids is 1. The van der Waals surface area contributed by atoms with Crippen LogP contribution >= 0.6 is 11.6 Å². The van der Waals surface area contributed by atoms with Crippen molar-refractivity contribution in [2.24, 2.45) is 0 Å². The van der Waals surface area contributed by atoms with Gasteiger partial charge in [0.05, 0.1) is 13.2 Å². The standard InChI is InChI=1S/C16H16ClNO2/c1-11(12-6-8-14(17)9-7-12)18-16(19)13-4-3-5-15(10-13)20-2/h3-11H,1-2H3,(H,18,19)/t11-/m0/s1. The van der Waals surface area contributed by atoms with E-state index in [9.17, 15) is 4.79 Å². The normalized spacial score (nSPS) is 11.8. The van der Waals surface area contributed by atoms with Crippen molar-refractivity contribution in [1.29, 1.82) is 0 Å². The first-order chi connectivity index (χ1) is 9.60. The zero-order chi connectivity index (χ0) is 14.5. The molecule has 4 heteroatoms. The number of benzene rings is 2. The first kappa shape index (κ1) is 14.4. The van der Waals surface area contributed by atoms with Crippen molar-refractivity contribution in [3.05, 3.63) is 64.7 Å². The molecule has 0 aliphatic heterocycles. The summed E-state index contributed by atoms with van der Waals surface area (Å²) >= 11 is 5.85. The lowest BCUT2D eigenvalue weighted by atomic mass is 10.1. The molecule has 1 atom stereocenters. The van der Waals surface area contributed by atoms with Gasteiger partial charge in [-0.25, -0.2) is 0 Å². The van der Waals surface area contributed by atoms with E-state index in [1.165, 1.54) is 0 Å². The van der Waals surface area contributed by atoms with E-state index in [0.717, 1.165) is 5.56 Å². The second-order valence-electron chi connectivity index (χ2n) is 4.48. The summed E-state index contributed by atoms with van der Waals surface area (Å²) in [6, 6.07) is 14.4. The van der Waals surface area contributed by atoms with Gasteiger partial charge in [-0.05, 0) is 42.8 Å². The first-order valence-electron chi connectivity index (χ1n) is 6.30. The molecule has 1 N–H and O–H groups in total. The fraction of sp³-hybridized carbons (Fsp3) is 0.188. The van der Waals surface area contributed by atoms with E-state index in [0.29, 0.717) is 16.3 Å². The van der Waals surface area contributed by atoms with Crippen molar-refractivity contribution in [1.82, 2.24) is 5.32 Å². The molecule has 0 unspecified atom stereocenters. The Balaban J connectivity index is 2.08. The molecule has 2 aromatic carbocycles. The Bertz CT molecular complexity index is 596. The third-order valence-electron chi connectivity index (χ3n) is 3.05. The Morgan fingerprint density at radius 2 is 1.90 bits per heavy atom. The molecule has 2 aromatic rings. The van der Waals surface area contributed by atoms with Gasteiger partial charge in [0.25, 0.3) is 5.91 Å². The minimum atomic E-state index is -0.133. The Morgan fingerprint density at radius 3 is 2.55 bits per heavy atom. The SMILES string of the molecule is COc1cccc(C(=O)N[C@@H](C)c2ccc(Cl)cc2)c1. The highest BCUT2D eigenvalue weighted by atomic mass is 35.5. The lowest BCUT2D eigenvalue weighted by molar-refractivity contribution is 0.0939. The van der Waals surface area contributed by atoms with E-state index >= 15 is 0 Å². The average Bonchev–Trinajstić information content (AvgIpc) is 2.47. The van der Waals surface area contributed by atoms with Crippen molar-refractivity contribution < 1.29 is 9.53 Å². The van der Waals surface area contributed by atoms with Gasteiger partial charge >= 0.3 is 0 Å². The number of nitrogens with one attached hydrogen (secondary N) is 1. The van der Waals surface area contributed by atoms with Crippen LogP contribution in [0.4, 0.5) is 0 Å². The molecule has 0 fully saturated rings. The molecule has 20 heavy (non-hydrogen) atoms. The van der Waals surface area contributed by atoms with Crippen molar-refractivity contribution in [3.63, 3.8) is 0 Å². The maximum atomic E-state index is 12.2. The van der Waals surface area contributed by atoms with Crippen LogP contribution in [0.3, 0.4) is 0 Å². The number of halogens is 1. The Morgan fingerprint density at radius 1 is 1.20 bits per heavy atom. The van der Waals surface area contributed by atoms with Crippen LogP contribution in [0, 0.1) is 0 Å². The summed E-state index contributed by atoms with van der Waals surface area (Å²) in [6.45, 7) is 1.93. The summed E-state index contributed by atoms with van der Waals surface area (Å²) in [5.41, 5.74) is 1.58. The number of carbonyl (C=O) groups is 1. The molecule has 0 bridgehead atoms. The van der Waals surface area contributed by atoms with Gasteiger partial charge in [0, 0.05) is 10.6 Å². The zero-order valence-corrected chi connectivity index (χ0v) is 12.1. The fourth-order valence-electron chi connectivity index (χ4n) is 1.88. The van der Waals surface area contributed by atoms with Crippen LogP contribution in [-0.2, 0) is 0 Å². The van der Waals surface area contributed by atoms with Crippen molar-refractivity contribution in [2.75, 3.05) is 7.11 Å². The smallest absolute Gasteiger partial charge is 0.251 e. The van der Waals surface area contributed by atoms with Gasteiger partial charge < -0.3 is 10.1 Å². The van der Waals surface area contributed by atoms with Gasteiger partial charge in [0.1, 0.15) is 5.75 Å². The highest BCUT2D eigenvalue weighted by Crippen LogP contribution is 2.17. The number of hydrogen-bond acceptors (Lipinski definition) is 2. The summed E-state index contributed by atoms with van der Waals surface area (Å²) in [4.78, 5) is 12.2. The van der Waals surface area contributed by atoms with E-state index in [2.05, 4.69) is 5.32 Å². The third-order valence-corrected chi connectivity index (χ3v) is 3.30. The largest absolute Gasteiger partial charge is 0.497 e. The molecule has 0 spiro atoms. The summed E-state index contributed by atoms with van der Waals surface area (Å²) in [5.74, 6) is 0.531. The maximum Gasteiger partial charge on any atom is 0.251 e. The Kier molecular flexibility index (Phi) is 4.64. The predicted molar refractivity (Wildman–Crippen MR) is 80.3 cm³/mol. The second kappa shape index (κ2) is 6.44. The van der Waals surface area contributed by atoms with Crippen LogP contribution in [0.5, 0.6) is 5.75 Å². The van der Waals surface area contributed by atoms with Gasteiger partial charge in [-0.15, -0.1) is 0 Å². The second-order valence-corrected chi connectivity index (χ2v) is 4.92. The van der Waals surface area contributed by atoms with Gasteiger partial charge in [0.15, 0.2) is 0 Å². The van der Waals surface area contributed by atoms with E-state index in [1.54, 1.807) is 31.4 Å². The van der Waals surface area contributed by atoms with Crippen molar-refractivity contribution in [3.8, 4) is 5.75 Å². The molecular weight excluding hydrogens is 274 g/mol. The van der Waals surface area contributed by atoms with Gasteiger partial charge in [-0.1, -0.05) is 29.8 Å². The number of methoxy groups -OCH3 is 1. The minimum absolute atomic E-state index is 0.0917. The first-order valence-corrected chi connectivity index (χ1v) is 6.68. The minimum Gasteiger partial charge on any atom is -0.497 e. The summed E-state index contributed by atoms with van der Waals surface area (Å²) in [6.07, 6.45) is 0. The molecule has 1 amide bonds. The van der Waals surface area contributed by atoms with E-state index in [-0.39, 0.29) is 11.9 Å². The Hall–Kier alpha value is -2.00. The highest BCUT2D eigenvalue weighted by Gasteiger charge is 2.11. The van der Waals surface area contributed by atoms with Crippen molar-refractivity contribution >= 4 is 17.5 Å². The molecule has 0 heterocycles. The molecule has 0 aliphatic rings. The van der Waals surface area contributed by atoms with Gasteiger partial charge in [0.2, 0.25) is 0 Å². The molecule has 0 aliphatic carbocycles. The third kappa shape index (κ3) is 3.52. The van der Waals surface area contributed by atoms with Crippen molar-refractivity contribution in [2.45, 2.75) is 13.0 Å². The van der Waals surface area contributed by atoms with E-state index < -0.39 is 0 Å². The molecular formula is C16H16ClNO2. The van der Waals surface area contributed by atoms with Crippen LogP contribution in [0.1, 0.15) is 28.9 Å². The van der Waals surface area contributed by atoms with Crippen LogP contribution in [0.15, 0.2) is 48.5 Å². The van der Waals surface area contributed by atoms with Crippen LogP contribution in [0.25, 0.3) is 0 Å². The number of ether oxygens (including phenoxy) is 1. The quantitative estimate of drug-likeness (QED) is 0.929. The molecule has 104 valence electrons. The van der Waals surface area contributed by atoms with E-state index in [1.807, 2.05) is 31.2 Å².